The number of aromatic nitrogens is 1. The van der Waals surface area contributed by atoms with Gasteiger partial charge in [-0.25, -0.2) is 4.98 Å². The Morgan fingerprint density at radius 1 is 1.32 bits per heavy atom. The second-order valence-corrected chi connectivity index (χ2v) is 6.86. The summed E-state index contributed by atoms with van der Waals surface area (Å²) in [5, 5.41) is 9.57. The lowest BCUT2D eigenvalue weighted by molar-refractivity contribution is -0.120. The first-order chi connectivity index (χ1) is 11.2. The zero-order valence-electron chi connectivity index (χ0n) is 13.4. The number of amides is 1. The van der Waals surface area contributed by atoms with Crippen molar-refractivity contribution in [1.82, 2.24) is 15.6 Å². The quantitative estimate of drug-likeness (QED) is 0.717. The van der Waals surface area contributed by atoms with Crippen molar-refractivity contribution in [3.8, 4) is 5.75 Å². The number of carbonyl (C=O) groups excluding carboxylic acids is 1. The molecule has 5 nitrogen and oxygen atoms in total. The summed E-state index contributed by atoms with van der Waals surface area (Å²) in [5.41, 5.74) is 0.786. The van der Waals surface area contributed by atoms with Gasteiger partial charge < -0.3 is 15.4 Å². The lowest BCUT2D eigenvalue weighted by Gasteiger charge is -2.26. The van der Waals surface area contributed by atoms with Gasteiger partial charge in [-0.05, 0) is 24.3 Å². The third-order valence-corrected chi connectivity index (χ3v) is 4.69. The van der Waals surface area contributed by atoms with E-state index in [-0.39, 0.29) is 30.7 Å². The van der Waals surface area contributed by atoms with Gasteiger partial charge in [0.05, 0.1) is 12.1 Å². The molecule has 0 bridgehead atoms. The van der Waals surface area contributed by atoms with Crippen LogP contribution < -0.4 is 15.4 Å². The number of benzene rings is 1. The summed E-state index contributed by atoms with van der Waals surface area (Å²) in [4.78, 5) is 16.3. The molecule has 1 fully saturated rings. The van der Waals surface area contributed by atoms with E-state index < -0.39 is 0 Å². The van der Waals surface area contributed by atoms with Gasteiger partial charge in [-0.1, -0.05) is 11.6 Å². The van der Waals surface area contributed by atoms with Crippen LogP contribution in [0, 0.1) is 5.92 Å². The molecule has 1 saturated heterocycles. The summed E-state index contributed by atoms with van der Waals surface area (Å²) >= 11 is 7.33. The zero-order valence-corrected chi connectivity index (χ0v) is 16.6. The molecule has 0 radical (unpaired) electrons. The fourth-order valence-corrected chi connectivity index (χ4v) is 2.98. The Hall–Kier alpha value is -1.05. The Kier molecular flexibility index (Phi) is 9.53. The predicted octanol–water partition coefficient (Wildman–Crippen LogP) is 3.10. The smallest absolute Gasteiger partial charge is 0.226 e. The summed E-state index contributed by atoms with van der Waals surface area (Å²) in [6.07, 6.45) is 0.317. The number of rotatable bonds is 7. The van der Waals surface area contributed by atoms with E-state index in [4.69, 9.17) is 16.3 Å². The van der Waals surface area contributed by atoms with Gasteiger partial charge in [-0.2, -0.15) is 0 Å². The highest BCUT2D eigenvalue weighted by Crippen LogP contribution is 2.18. The number of halogens is 3. The highest BCUT2D eigenvalue weighted by atomic mass is 35.5. The van der Waals surface area contributed by atoms with E-state index in [0.29, 0.717) is 24.0 Å². The van der Waals surface area contributed by atoms with E-state index in [2.05, 4.69) is 15.6 Å². The normalized spacial score (nSPS) is 13.2. The third kappa shape index (κ3) is 6.99. The molecule has 1 aromatic heterocycles. The minimum absolute atomic E-state index is 0. The summed E-state index contributed by atoms with van der Waals surface area (Å²) in [6.45, 7) is 3.11. The lowest BCUT2D eigenvalue weighted by atomic mass is 10.0. The lowest BCUT2D eigenvalue weighted by Crippen LogP contribution is -2.48. The first-order valence-corrected chi connectivity index (χ1v) is 8.74. The fraction of sp³-hybridized carbons (Fsp3) is 0.375. The molecular weight excluding hydrogens is 405 g/mol. The van der Waals surface area contributed by atoms with Crippen molar-refractivity contribution in [2.75, 3.05) is 19.6 Å². The Morgan fingerprint density at radius 3 is 2.68 bits per heavy atom. The maximum Gasteiger partial charge on any atom is 0.226 e. The van der Waals surface area contributed by atoms with Gasteiger partial charge in [0.1, 0.15) is 17.4 Å². The molecule has 0 aliphatic carbocycles. The SMILES string of the molecule is Cl.Cl.O=C(Cc1csc(COc2ccc(Cl)cc2)n1)NCC1CNC1. The molecule has 2 aromatic rings. The molecule has 0 atom stereocenters. The number of nitrogens with zero attached hydrogens (tertiary/aromatic N) is 1. The van der Waals surface area contributed by atoms with Crippen LogP contribution in [0.3, 0.4) is 0 Å². The van der Waals surface area contributed by atoms with Crippen LogP contribution in [0.2, 0.25) is 5.02 Å². The van der Waals surface area contributed by atoms with Crippen molar-refractivity contribution >= 4 is 53.7 Å². The van der Waals surface area contributed by atoms with Crippen molar-refractivity contribution in [3.63, 3.8) is 0 Å². The van der Waals surface area contributed by atoms with Crippen LogP contribution in [0.5, 0.6) is 5.75 Å². The number of thiazole rings is 1. The molecule has 2 N–H and O–H groups in total. The monoisotopic (exact) mass is 423 g/mol. The number of carbonyl (C=O) groups is 1. The minimum Gasteiger partial charge on any atom is -0.486 e. The number of ether oxygens (including phenoxy) is 1. The molecule has 1 aliphatic rings. The molecule has 2 heterocycles. The van der Waals surface area contributed by atoms with Crippen LogP contribution in [0.15, 0.2) is 29.6 Å². The maximum absolute atomic E-state index is 11.9. The van der Waals surface area contributed by atoms with Crippen LogP contribution in [-0.2, 0) is 17.8 Å². The first kappa shape index (κ1) is 22.0. The van der Waals surface area contributed by atoms with Gasteiger partial charge >= 0.3 is 0 Å². The van der Waals surface area contributed by atoms with Crippen molar-refractivity contribution in [1.29, 1.82) is 0 Å². The number of nitrogens with one attached hydrogen (secondary N) is 2. The molecule has 3 rings (SSSR count). The largest absolute Gasteiger partial charge is 0.486 e. The van der Waals surface area contributed by atoms with E-state index in [9.17, 15) is 4.79 Å². The summed E-state index contributed by atoms with van der Waals surface area (Å²) in [5.74, 6) is 1.34. The summed E-state index contributed by atoms with van der Waals surface area (Å²) in [6, 6.07) is 7.21. The Labute approximate surface area is 168 Å². The third-order valence-electron chi connectivity index (χ3n) is 3.57. The highest BCUT2D eigenvalue weighted by molar-refractivity contribution is 7.09. The average molecular weight is 425 g/mol. The molecule has 0 saturated carbocycles. The second kappa shape index (κ2) is 10.8. The highest BCUT2D eigenvalue weighted by Gasteiger charge is 2.17. The molecule has 1 aromatic carbocycles. The van der Waals surface area contributed by atoms with Gasteiger partial charge in [-0.15, -0.1) is 36.2 Å². The number of hydrogen-bond acceptors (Lipinski definition) is 5. The van der Waals surface area contributed by atoms with Crippen LogP contribution in [0.1, 0.15) is 10.7 Å². The van der Waals surface area contributed by atoms with Crippen LogP contribution >= 0.6 is 47.8 Å². The van der Waals surface area contributed by atoms with Gasteiger partial charge in [-0.3, -0.25) is 4.79 Å². The maximum atomic E-state index is 11.9. The fourth-order valence-electron chi connectivity index (χ4n) is 2.15. The Bertz CT molecular complexity index is 663. The molecule has 0 unspecified atom stereocenters. The van der Waals surface area contributed by atoms with E-state index in [1.54, 1.807) is 12.1 Å². The molecule has 1 amide bonds. The average Bonchev–Trinajstić information content (AvgIpc) is 2.92. The topological polar surface area (TPSA) is 63.2 Å². The minimum atomic E-state index is 0. The zero-order chi connectivity index (χ0) is 16.1. The van der Waals surface area contributed by atoms with Crippen LogP contribution in [0.4, 0.5) is 0 Å². The summed E-state index contributed by atoms with van der Waals surface area (Å²) < 4.78 is 5.65. The van der Waals surface area contributed by atoms with Crippen LogP contribution in [-0.4, -0.2) is 30.5 Å². The van der Waals surface area contributed by atoms with Gasteiger partial charge in [0, 0.05) is 36.0 Å². The first-order valence-electron chi connectivity index (χ1n) is 7.48. The van der Waals surface area contributed by atoms with E-state index >= 15 is 0 Å². The van der Waals surface area contributed by atoms with E-state index in [0.717, 1.165) is 36.1 Å². The van der Waals surface area contributed by atoms with E-state index in [1.807, 2.05) is 17.5 Å². The van der Waals surface area contributed by atoms with Gasteiger partial charge in [0.15, 0.2) is 0 Å². The van der Waals surface area contributed by atoms with Crippen LogP contribution in [0.25, 0.3) is 0 Å². The van der Waals surface area contributed by atoms with Crippen molar-refractivity contribution in [3.05, 3.63) is 45.4 Å². The van der Waals surface area contributed by atoms with Gasteiger partial charge in [0.25, 0.3) is 0 Å². The Balaban J connectivity index is 0.00000156. The van der Waals surface area contributed by atoms with Crippen molar-refractivity contribution in [2.45, 2.75) is 13.0 Å². The second-order valence-electron chi connectivity index (χ2n) is 5.48. The molecule has 1 aliphatic heterocycles. The molecule has 25 heavy (non-hydrogen) atoms. The molecule has 9 heteroatoms. The summed E-state index contributed by atoms with van der Waals surface area (Å²) in [7, 11) is 0. The molecule has 0 spiro atoms. The number of hydrogen-bond donors (Lipinski definition) is 2. The Morgan fingerprint density at radius 2 is 2.04 bits per heavy atom. The van der Waals surface area contributed by atoms with Gasteiger partial charge in [0.2, 0.25) is 5.91 Å². The predicted molar refractivity (Wildman–Crippen MR) is 105 cm³/mol. The van der Waals surface area contributed by atoms with E-state index in [1.165, 1.54) is 11.3 Å². The standard InChI is InChI=1S/C16H18ClN3O2S.2ClH/c17-12-1-3-14(4-2-12)22-9-16-20-13(10-23-16)5-15(21)19-8-11-6-18-7-11;;/h1-4,10-11,18H,5-9H2,(H,19,21);2*1H. The molecule has 138 valence electrons. The van der Waals surface area contributed by atoms with Crippen molar-refractivity contribution in [2.24, 2.45) is 5.92 Å². The van der Waals surface area contributed by atoms with Crippen molar-refractivity contribution < 1.29 is 9.53 Å². The molecular formula is C16H20Cl3N3O2S.